The second-order valence-corrected chi connectivity index (χ2v) is 12.7. The monoisotopic (exact) mass is 559 g/mol. The van der Waals surface area contributed by atoms with Gasteiger partial charge in [-0.15, -0.1) is 0 Å². The molecule has 0 aromatic heterocycles. The molecular weight excluding hydrogens is 502 g/mol. The maximum Gasteiger partial charge on any atom is 0.119 e. The van der Waals surface area contributed by atoms with Crippen LogP contribution < -0.4 is 4.74 Å². The summed E-state index contributed by atoms with van der Waals surface area (Å²) >= 11 is 0. The molecule has 0 bridgehead atoms. The van der Waals surface area contributed by atoms with Crippen molar-refractivity contribution >= 4 is 0 Å². The molecule has 0 aliphatic heterocycles. The van der Waals surface area contributed by atoms with Crippen LogP contribution in [0.5, 0.6) is 5.75 Å². The van der Waals surface area contributed by atoms with Gasteiger partial charge in [-0.05, 0) is 79.7 Å². The van der Waals surface area contributed by atoms with Crippen LogP contribution in [0.1, 0.15) is 147 Å². The van der Waals surface area contributed by atoms with E-state index in [1.165, 1.54) is 80.9 Å². The smallest absolute Gasteiger partial charge is 0.119 e. The highest BCUT2D eigenvalue weighted by Crippen LogP contribution is 2.47. The van der Waals surface area contributed by atoms with Crippen LogP contribution in [-0.4, -0.2) is 17.8 Å². The molecule has 3 unspecified atom stereocenters. The summed E-state index contributed by atoms with van der Waals surface area (Å²) in [6.45, 7) is 4.80. The molecule has 3 heteroatoms. The van der Waals surface area contributed by atoms with E-state index < -0.39 is 0 Å². The molecule has 0 heterocycles. The first-order valence-electron chi connectivity index (χ1n) is 17.0. The lowest BCUT2D eigenvalue weighted by Crippen LogP contribution is -2.26. The van der Waals surface area contributed by atoms with Gasteiger partial charge in [0.25, 0.3) is 0 Å². The van der Waals surface area contributed by atoms with Crippen LogP contribution in [0.25, 0.3) is 11.1 Å². The Balaban J connectivity index is 1.47. The highest BCUT2D eigenvalue weighted by Gasteiger charge is 2.36. The molecule has 226 valence electrons. The van der Waals surface area contributed by atoms with Gasteiger partial charge < -0.3 is 9.84 Å². The van der Waals surface area contributed by atoms with Gasteiger partial charge in [-0.3, -0.25) is 0 Å². The molecule has 0 amide bonds. The van der Waals surface area contributed by atoms with E-state index in [1.807, 2.05) is 0 Å². The third-order valence-corrected chi connectivity index (χ3v) is 9.26. The predicted molar refractivity (Wildman–Crippen MR) is 173 cm³/mol. The standard InChI is InChI=1S/C38H57NO2/c1-3-5-18-36(16-4-2)41-37-25-23-33(24-26-37)32-19-21-34(22-20-32)35-17-15-28-38(30-35,31-39)27-13-11-9-7-6-8-10-12-14-29-40/h19-26,35-36,40H,3-18,27-30H2,1-2H3. The van der Waals surface area contributed by atoms with Crippen LogP contribution in [0, 0.1) is 16.7 Å². The second-order valence-electron chi connectivity index (χ2n) is 12.7. The summed E-state index contributed by atoms with van der Waals surface area (Å²) in [5, 5.41) is 19.1. The maximum atomic E-state index is 10.2. The molecule has 3 nitrogen and oxygen atoms in total. The fourth-order valence-corrected chi connectivity index (χ4v) is 6.73. The van der Waals surface area contributed by atoms with Crippen molar-refractivity contribution in [2.24, 2.45) is 5.41 Å². The second kappa shape index (κ2) is 19.0. The number of aliphatic hydroxyl groups excluding tert-OH is 1. The van der Waals surface area contributed by atoms with Gasteiger partial charge in [0.15, 0.2) is 0 Å². The summed E-state index contributed by atoms with van der Waals surface area (Å²) < 4.78 is 6.31. The van der Waals surface area contributed by atoms with Gasteiger partial charge in [-0.2, -0.15) is 5.26 Å². The lowest BCUT2D eigenvalue weighted by Gasteiger charge is -2.36. The molecule has 0 spiro atoms. The first-order valence-corrected chi connectivity index (χ1v) is 17.0. The average Bonchev–Trinajstić information content (AvgIpc) is 3.01. The summed E-state index contributed by atoms with van der Waals surface area (Å²) in [4.78, 5) is 0. The highest BCUT2D eigenvalue weighted by molar-refractivity contribution is 5.64. The van der Waals surface area contributed by atoms with Crippen molar-refractivity contribution in [2.75, 3.05) is 6.61 Å². The molecule has 3 rings (SSSR count). The number of hydrogen-bond donors (Lipinski definition) is 1. The van der Waals surface area contributed by atoms with Gasteiger partial charge in [0.2, 0.25) is 0 Å². The summed E-state index contributed by atoms with van der Waals surface area (Å²) in [6, 6.07) is 20.5. The van der Waals surface area contributed by atoms with Crippen LogP contribution in [-0.2, 0) is 0 Å². The van der Waals surface area contributed by atoms with E-state index in [2.05, 4.69) is 68.4 Å². The number of nitrogens with zero attached hydrogens (tertiary/aromatic N) is 1. The number of aliphatic hydroxyl groups is 1. The van der Waals surface area contributed by atoms with Crippen molar-refractivity contribution in [2.45, 2.75) is 148 Å². The molecule has 1 saturated carbocycles. The number of hydrogen-bond acceptors (Lipinski definition) is 3. The minimum absolute atomic E-state index is 0.144. The normalized spacial score (nSPS) is 19.5. The van der Waals surface area contributed by atoms with Gasteiger partial charge in [-0.1, -0.05) is 127 Å². The van der Waals surface area contributed by atoms with Crippen molar-refractivity contribution in [3.63, 3.8) is 0 Å². The summed E-state index contributed by atoms with van der Waals surface area (Å²) in [7, 11) is 0. The van der Waals surface area contributed by atoms with Gasteiger partial charge in [0.05, 0.1) is 17.6 Å². The molecule has 3 atom stereocenters. The quantitative estimate of drug-likeness (QED) is 0.164. The topological polar surface area (TPSA) is 53.2 Å². The number of rotatable bonds is 20. The Labute approximate surface area is 251 Å². The Morgan fingerprint density at radius 1 is 0.805 bits per heavy atom. The van der Waals surface area contributed by atoms with Crippen LogP contribution in [0.2, 0.25) is 0 Å². The highest BCUT2D eigenvalue weighted by atomic mass is 16.5. The minimum atomic E-state index is -0.144. The van der Waals surface area contributed by atoms with Gasteiger partial charge in [0.1, 0.15) is 5.75 Å². The predicted octanol–water partition coefficient (Wildman–Crippen LogP) is 11.2. The zero-order valence-corrected chi connectivity index (χ0v) is 26.2. The lowest BCUT2D eigenvalue weighted by atomic mass is 9.66. The van der Waals surface area contributed by atoms with E-state index >= 15 is 0 Å². The fraction of sp³-hybridized carbons (Fsp3) is 0.658. The summed E-state index contributed by atoms with van der Waals surface area (Å²) in [5.74, 6) is 1.47. The molecule has 2 aromatic rings. The van der Waals surface area contributed by atoms with Crippen LogP contribution in [0.3, 0.4) is 0 Å². The van der Waals surface area contributed by atoms with E-state index in [4.69, 9.17) is 9.84 Å². The minimum Gasteiger partial charge on any atom is -0.490 e. The van der Waals surface area contributed by atoms with Crippen molar-refractivity contribution < 1.29 is 9.84 Å². The SMILES string of the molecule is CCCCC(CCC)Oc1ccc(-c2ccc(C3CCCC(C#N)(CCCCCCCCCCCO)C3)cc2)cc1. The average molecular weight is 560 g/mol. The van der Waals surface area contributed by atoms with E-state index in [1.54, 1.807) is 0 Å². The van der Waals surface area contributed by atoms with Gasteiger partial charge >= 0.3 is 0 Å². The van der Waals surface area contributed by atoms with Crippen molar-refractivity contribution in [1.29, 1.82) is 5.26 Å². The first-order chi connectivity index (χ1) is 20.1. The Morgan fingerprint density at radius 3 is 2.00 bits per heavy atom. The Hall–Kier alpha value is -2.31. The van der Waals surface area contributed by atoms with Gasteiger partial charge in [-0.25, -0.2) is 0 Å². The van der Waals surface area contributed by atoms with E-state index in [0.717, 1.165) is 63.5 Å². The third kappa shape index (κ3) is 11.5. The zero-order valence-electron chi connectivity index (χ0n) is 26.2. The Kier molecular flexibility index (Phi) is 15.4. The van der Waals surface area contributed by atoms with E-state index in [9.17, 15) is 5.26 Å². The zero-order chi connectivity index (χ0) is 29.2. The first kappa shape index (κ1) is 33.2. The largest absolute Gasteiger partial charge is 0.490 e. The van der Waals surface area contributed by atoms with Crippen LogP contribution in [0.4, 0.5) is 0 Å². The van der Waals surface area contributed by atoms with Crippen LogP contribution >= 0.6 is 0 Å². The van der Waals surface area contributed by atoms with Crippen molar-refractivity contribution in [3.8, 4) is 22.9 Å². The van der Waals surface area contributed by atoms with Crippen LogP contribution in [0.15, 0.2) is 48.5 Å². The molecule has 2 aromatic carbocycles. The molecule has 1 N–H and O–H groups in total. The van der Waals surface area contributed by atoms with Crippen molar-refractivity contribution in [1.82, 2.24) is 0 Å². The molecule has 1 fully saturated rings. The Morgan fingerprint density at radius 2 is 1.41 bits per heavy atom. The summed E-state index contributed by atoms with van der Waals surface area (Å²) in [5.41, 5.74) is 3.72. The molecule has 1 aliphatic rings. The van der Waals surface area contributed by atoms with E-state index in [-0.39, 0.29) is 5.41 Å². The van der Waals surface area contributed by atoms with Gasteiger partial charge in [0, 0.05) is 6.61 Å². The number of benzene rings is 2. The summed E-state index contributed by atoms with van der Waals surface area (Å²) in [6.07, 6.45) is 22.6. The number of nitriles is 1. The molecule has 0 radical (unpaired) electrons. The number of ether oxygens (including phenoxy) is 1. The molecule has 1 aliphatic carbocycles. The fourth-order valence-electron chi connectivity index (χ4n) is 6.73. The Bertz CT molecular complexity index is 992. The van der Waals surface area contributed by atoms with E-state index in [0.29, 0.717) is 18.6 Å². The molecule has 41 heavy (non-hydrogen) atoms. The maximum absolute atomic E-state index is 10.2. The molecule has 0 saturated heterocycles. The number of unbranched alkanes of at least 4 members (excludes halogenated alkanes) is 9. The van der Waals surface area contributed by atoms with Crippen molar-refractivity contribution in [3.05, 3.63) is 54.1 Å². The molecular formula is C38H57NO2. The third-order valence-electron chi connectivity index (χ3n) is 9.26. The lowest BCUT2D eigenvalue weighted by molar-refractivity contribution is 0.176.